The lowest BCUT2D eigenvalue weighted by atomic mass is 9.84. The molecule has 0 heterocycles. The summed E-state index contributed by atoms with van der Waals surface area (Å²) < 4.78 is 5.26. The highest BCUT2D eigenvalue weighted by molar-refractivity contribution is 4.96. The number of rotatable bonds is 2. The Balaban J connectivity index is 2.17. The summed E-state index contributed by atoms with van der Waals surface area (Å²) >= 11 is 0. The van der Waals surface area contributed by atoms with Crippen LogP contribution < -0.4 is 11.5 Å². The minimum Gasteiger partial charge on any atom is -0.377 e. The zero-order chi connectivity index (χ0) is 6.85. The Hall–Kier alpha value is -0.120. The van der Waals surface area contributed by atoms with Crippen molar-refractivity contribution in [2.24, 2.45) is 11.5 Å². The molecule has 3 nitrogen and oxygen atoms in total. The van der Waals surface area contributed by atoms with E-state index in [0.29, 0.717) is 0 Å². The van der Waals surface area contributed by atoms with Gasteiger partial charge in [0.1, 0.15) is 0 Å². The molecule has 0 aromatic carbocycles. The number of hydrogen-bond acceptors (Lipinski definition) is 3. The van der Waals surface area contributed by atoms with Crippen LogP contribution in [0.1, 0.15) is 13.3 Å². The van der Waals surface area contributed by atoms with Crippen molar-refractivity contribution in [2.45, 2.75) is 31.5 Å². The molecular weight excluding hydrogens is 116 g/mol. The highest BCUT2D eigenvalue weighted by Crippen LogP contribution is 2.19. The normalized spacial score (nSPS) is 42.3. The molecule has 1 fully saturated rings. The van der Waals surface area contributed by atoms with Gasteiger partial charge < -0.3 is 16.2 Å². The van der Waals surface area contributed by atoms with Crippen molar-refractivity contribution in [3.05, 3.63) is 0 Å². The van der Waals surface area contributed by atoms with Crippen molar-refractivity contribution in [1.29, 1.82) is 0 Å². The molecule has 1 rings (SSSR count). The summed E-state index contributed by atoms with van der Waals surface area (Å²) in [5.41, 5.74) is 11.1. The average molecular weight is 130 g/mol. The molecule has 9 heavy (non-hydrogen) atoms. The van der Waals surface area contributed by atoms with Crippen LogP contribution in [-0.4, -0.2) is 24.8 Å². The van der Waals surface area contributed by atoms with Gasteiger partial charge in [-0.15, -0.1) is 0 Å². The third-order valence-electron chi connectivity index (χ3n) is 1.81. The Morgan fingerprint density at radius 2 is 2.22 bits per heavy atom. The lowest BCUT2D eigenvalue weighted by molar-refractivity contribution is -0.0193. The van der Waals surface area contributed by atoms with Gasteiger partial charge in [0.05, 0.1) is 6.10 Å². The van der Waals surface area contributed by atoms with Crippen molar-refractivity contribution < 1.29 is 4.74 Å². The Morgan fingerprint density at radius 1 is 1.56 bits per heavy atom. The molecule has 4 N–H and O–H groups in total. The first kappa shape index (κ1) is 6.99. The minimum atomic E-state index is 0.0740. The lowest BCUT2D eigenvalue weighted by Gasteiger charge is -2.39. The van der Waals surface area contributed by atoms with E-state index in [1.807, 2.05) is 6.92 Å². The van der Waals surface area contributed by atoms with Gasteiger partial charge >= 0.3 is 0 Å². The highest BCUT2D eigenvalue weighted by Gasteiger charge is 2.35. The summed E-state index contributed by atoms with van der Waals surface area (Å²) in [6.45, 7) is 2.71. The summed E-state index contributed by atoms with van der Waals surface area (Å²) in [6.07, 6.45) is 1.15. The van der Waals surface area contributed by atoms with Crippen molar-refractivity contribution in [1.82, 2.24) is 0 Å². The van der Waals surface area contributed by atoms with E-state index in [0.717, 1.165) is 13.0 Å². The summed E-state index contributed by atoms with van der Waals surface area (Å²) in [7, 11) is 0. The van der Waals surface area contributed by atoms with E-state index in [-0.39, 0.29) is 18.2 Å². The van der Waals surface area contributed by atoms with Crippen molar-refractivity contribution >= 4 is 0 Å². The first-order chi connectivity index (χ1) is 4.25. The van der Waals surface area contributed by atoms with Gasteiger partial charge in [0.25, 0.3) is 0 Å². The summed E-state index contributed by atoms with van der Waals surface area (Å²) in [5, 5.41) is 0. The van der Waals surface area contributed by atoms with E-state index < -0.39 is 0 Å². The molecule has 0 spiro atoms. The van der Waals surface area contributed by atoms with Crippen LogP contribution in [0.25, 0.3) is 0 Å². The highest BCUT2D eigenvalue weighted by atomic mass is 16.5. The molecule has 1 aliphatic carbocycles. The quantitative estimate of drug-likeness (QED) is 0.527. The molecule has 1 saturated carbocycles. The zero-order valence-corrected chi connectivity index (χ0v) is 5.71. The fraction of sp³-hybridized carbons (Fsp3) is 1.00. The van der Waals surface area contributed by atoms with Crippen molar-refractivity contribution in [3.8, 4) is 0 Å². The third-order valence-corrected chi connectivity index (χ3v) is 1.81. The maximum absolute atomic E-state index is 5.60. The number of ether oxygens (including phenoxy) is 1. The van der Waals surface area contributed by atoms with Crippen molar-refractivity contribution in [3.63, 3.8) is 0 Å². The maximum atomic E-state index is 5.60. The summed E-state index contributed by atoms with van der Waals surface area (Å²) in [5.74, 6) is 0. The van der Waals surface area contributed by atoms with Gasteiger partial charge in [0.15, 0.2) is 0 Å². The molecule has 54 valence electrons. The van der Waals surface area contributed by atoms with Crippen LogP contribution in [0.15, 0.2) is 0 Å². The number of nitrogens with two attached hydrogens (primary N) is 2. The molecule has 3 atom stereocenters. The number of hydrogen-bond donors (Lipinski definition) is 2. The van der Waals surface area contributed by atoms with E-state index in [1.165, 1.54) is 0 Å². The fourth-order valence-electron chi connectivity index (χ4n) is 1.06. The fourth-order valence-corrected chi connectivity index (χ4v) is 1.06. The molecule has 0 radical (unpaired) electrons. The van der Waals surface area contributed by atoms with Gasteiger partial charge in [0.2, 0.25) is 0 Å². The molecule has 0 aliphatic heterocycles. The van der Waals surface area contributed by atoms with E-state index in [1.54, 1.807) is 0 Å². The maximum Gasteiger partial charge on any atom is 0.0756 e. The van der Waals surface area contributed by atoms with Gasteiger partial charge in [-0.25, -0.2) is 0 Å². The Morgan fingerprint density at radius 3 is 2.56 bits per heavy atom. The Bertz CT molecular complexity index is 95.1. The predicted octanol–water partition coefficient (Wildman–Crippen LogP) is -0.550. The monoisotopic (exact) mass is 130 g/mol. The summed E-state index contributed by atoms with van der Waals surface area (Å²) in [4.78, 5) is 0. The Labute approximate surface area is 55.4 Å². The molecule has 0 bridgehead atoms. The van der Waals surface area contributed by atoms with E-state index >= 15 is 0 Å². The molecule has 3 unspecified atom stereocenters. The zero-order valence-electron chi connectivity index (χ0n) is 5.71. The van der Waals surface area contributed by atoms with Crippen LogP contribution in [0.4, 0.5) is 0 Å². The van der Waals surface area contributed by atoms with Crippen LogP contribution in [0.3, 0.4) is 0 Å². The van der Waals surface area contributed by atoms with Gasteiger partial charge in [-0.05, 0) is 13.3 Å². The molecule has 1 aliphatic rings. The van der Waals surface area contributed by atoms with Crippen LogP contribution in [0, 0.1) is 0 Å². The SMILES string of the molecule is CCOC1CC(N)C1N. The van der Waals surface area contributed by atoms with Crippen LogP contribution in [0.2, 0.25) is 0 Å². The third kappa shape index (κ3) is 1.23. The minimum absolute atomic E-state index is 0.0740. The van der Waals surface area contributed by atoms with Crippen LogP contribution in [0.5, 0.6) is 0 Å². The molecule has 0 amide bonds. The van der Waals surface area contributed by atoms with Crippen LogP contribution >= 0.6 is 0 Å². The van der Waals surface area contributed by atoms with E-state index in [4.69, 9.17) is 16.2 Å². The predicted molar refractivity (Wildman–Crippen MR) is 36.0 cm³/mol. The van der Waals surface area contributed by atoms with E-state index in [2.05, 4.69) is 0 Å². The van der Waals surface area contributed by atoms with Gasteiger partial charge in [0, 0.05) is 18.7 Å². The van der Waals surface area contributed by atoms with E-state index in [9.17, 15) is 0 Å². The van der Waals surface area contributed by atoms with Gasteiger partial charge in [-0.2, -0.15) is 0 Å². The molecule has 0 aromatic heterocycles. The van der Waals surface area contributed by atoms with Gasteiger partial charge in [-0.3, -0.25) is 0 Å². The topological polar surface area (TPSA) is 61.3 Å². The lowest BCUT2D eigenvalue weighted by Crippen LogP contribution is -2.61. The molecular formula is C6H14N2O. The largest absolute Gasteiger partial charge is 0.377 e. The second kappa shape index (κ2) is 2.64. The van der Waals surface area contributed by atoms with Crippen LogP contribution in [-0.2, 0) is 4.74 Å². The molecule has 0 saturated heterocycles. The standard InChI is InChI=1S/C6H14N2O/c1-2-9-5-3-4(7)6(5)8/h4-6H,2-3,7-8H2,1H3. The second-order valence-electron chi connectivity index (χ2n) is 2.47. The average Bonchev–Trinajstić information content (AvgIpc) is 1.88. The van der Waals surface area contributed by atoms with Crippen molar-refractivity contribution in [2.75, 3.05) is 6.61 Å². The van der Waals surface area contributed by atoms with Gasteiger partial charge in [-0.1, -0.05) is 0 Å². The first-order valence-corrected chi connectivity index (χ1v) is 3.38. The second-order valence-corrected chi connectivity index (χ2v) is 2.47. The molecule has 0 aromatic rings. The molecule has 3 heteroatoms. The Kier molecular flexibility index (Phi) is 2.05. The summed E-state index contributed by atoms with van der Waals surface area (Å²) in [6, 6.07) is 0.242. The first-order valence-electron chi connectivity index (χ1n) is 3.38. The smallest absolute Gasteiger partial charge is 0.0756 e.